The molecule has 8 heteroatoms. The van der Waals surface area contributed by atoms with Gasteiger partial charge in [-0.25, -0.2) is 4.79 Å². The first-order chi connectivity index (χ1) is 11.5. The molecule has 1 atom stereocenters. The number of hydrogen-bond donors (Lipinski definition) is 2. The monoisotopic (exact) mass is 327 g/mol. The molecule has 1 fully saturated rings. The Balaban J connectivity index is 1.60. The van der Waals surface area contributed by atoms with E-state index in [0.717, 1.165) is 10.5 Å². The summed E-state index contributed by atoms with van der Waals surface area (Å²) in [5.41, 5.74) is 0.847. The second-order valence-corrected chi connectivity index (χ2v) is 5.54. The van der Waals surface area contributed by atoms with Gasteiger partial charge >= 0.3 is 6.03 Å². The lowest BCUT2D eigenvalue weighted by atomic mass is 10.2. The number of anilines is 1. The Kier molecular flexibility index (Phi) is 4.28. The maximum atomic E-state index is 12.4. The zero-order valence-corrected chi connectivity index (χ0v) is 13.1. The predicted molar refractivity (Wildman–Crippen MR) is 85.8 cm³/mol. The third-order valence-corrected chi connectivity index (χ3v) is 3.66. The third-order valence-electron chi connectivity index (χ3n) is 3.66. The van der Waals surface area contributed by atoms with Crippen LogP contribution in [-0.2, 0) is 23.2 Å². The van der Waals surface area contributed by atoms with E-state index in [-0.39, 0.29) is 18.9 Å². The summed E-state index contributed by atoms with van der Waals surface area (Å²) in [5, 5.41) is 9.18. The van der Waals surface area contributed by atoms with Crippen molar-refractivity contribution in [2.45, 2.75) is 19.0 Å². The third kappa shape index (κ3) is 3.43. The molecule has 0 bridgehead atoms. The van der Waals surface area contributed by atoms with Gasteiger partial charge in [0.2, 0.25) is 5.91 Å². The number of aryl methyl sites for hydroxylation is 1. The Hall–Kier alpha value is -3.16. The molecule has 8 nitrogen and oxygen atoms in total. The average Bonchev–Trinajstić information content (AvgIpc) is 3.07. The number of nitrogens with one attached hydrogen (secondary N) is 2. The number of carbonyl (C=O) groups excluding carboxylic acids is 3. The van der Waals surface area contributed by atoms with Crippen molar-refractivity contribution in [3.05, 3.63) is 48.2 Å². The zero-order chi connectivity index (χ0) is 17.1. The Labute approximate surface area is 138 Å². The number of hydrogen-bond acceptors (Lipinski definition) is 4. The minimum atomic E-state index is -0.857. The van der Waals surface area contributed by atoms with Crippen LogP contribution in [0.2, 0.25) is 0 Å². The van der Waals surface area contributed by atoms with Crippen molar-refractivity contribution in [2.24, 2.45) is 7.05 Å². The first-order valence-electron chi connectivity index (χ1n) is 7.48. The summed E-state index contributed by atoms with van der Waals surface area (Å²) in [4.78, 5) is 37.5. The summed E-state index contributed by atoms with van der Waals surface area (Å²) in [6, 6.07) is 9.51. The van der Waals surface area contributed by atoms with E-state index in [1.165, 1.54) is 0 Å². The highest BCUT2D eigenvalue weighted by Crippen LogP contribution is 2.14. The van der Waals surface area contributed by atoms with E-state index in [4.69, 9.17) is 0 Å². The first-order valence-corrected chi connectivity index (χ1v) is 7.48. The van der Waals surface area contributed by atoms with E-state index in [0.29, 0.717) is 5.82 Å². The molecule has 2 N–H and O–H groups in total. The highest BCUT2D eigenvalue weighted by atomic mass is 16.2. The molecule has 0 unspecified atom stereocenters. The summed E-state index contributed by atoms with van der Waals surface area (Å²) in [5.74, 6) is -0.380. The lowest BCUT2D eigenvalue weighted by molar-refractivity contribution is -0.130. The number of imide groups is 1. The van der Waals surface area contributed by atoms with Crippen molar-refractivity contribution >= 4 is 23.7 Å². The summed E-state index contributed by atoms with van der Waals surface area (Å²) < 4.78 is 1.56. The van der Waals surface area contributed by atoms with Gasteiger partial charge < -0.3 is 10.6 Å². The molecule has 124 valence electrons. The van der Waals surface area contributed by atoms with Gasteiger partial charge in [-0.2, -0.15) is 5.10 Å². The molecule has 1 saturated heterocycles. The van der Waals surface area contributed by atoms with Crippen molar-refractivity contribution in [1.82, 2.24) is 20.0 Å². The van der Waals surface area contributed by atoms with E-state index >= 15 is 0 Å². The van der Waals surface area contributed by atoms with Crippen molar-refractivity contribution in [3.8, 4) is 0 Å². The number of carbonyl (C=O) groups is 3. The second-order valence-electron chi connectivity index (χ2n) is 5.54. The topological polar surface area (TPSA) is 96.3 Å². The number of nitrogens with zero attached hydrogens (tertiary/aromatic N) is 3. The molecular weight excluding hydrogens is 310 g/mol. The number of benzene rings is 1. The molecule has 4 amide bonds. The molecular formula is C16H17N5O3. The zero-order valence-electron chi connectivity index (χ0n) is 13.1. The summed E-state index contributed by atoms with van der Waals surface area (Å²) in [6.07, 6.45) is 1.56. The van der Waals surface area contributed by atoms with Gasteiger partial charge in [-0.3, -0.25) is 19.2 Å². The summed E-state index contributed by atoms with van der Waals surface area (Å²) >= 11 is 0. The molecule has 0 radical (unpaired) electrons. The molecule has 1 aromatic heterocycles. The Morgan fingerprint density at radius 1 is 1.25 bits per heavy atom. The van der Waals surface area contributed by atoms with Gasteiger partial charge in [0, 0.05) is 19.3 Å². The van der Waals surface area contributed by atoms with Gasteiger partial charge in [-0.15, -0.1) is 0 Å². The second kappa shape index (κ2) is 6.53. The summed E-state index contributed by atoms with van der Waals surface area (Å²) in [7, 11) is 1.73. The van der Waals surface area contributed by atoms with Crippen LogP contribution < -0.4 is 10.6 Å². The fourth-order valence-corrected chi connectivity index (χ4v) is 2.49. The van der Waals surface area contributed by atoms with Crippen molar-refractivity contribution in [1.29, 1.82) is 0 Å². The Morgan fingerprint density at radius 2 is 2.00 bits per heavy atom. The van der Waals surface area contributed by atoms with Crippen LogP contribution in [0.5, 0.6) is 0 Å². The fourth-order valence-electron chi connectivity index (χ4n) is 2.49. The fraction of sp³-hybridized carbons (Fsp3) is 0.250. The molecule has 0 saturated carbocycles. The molecule has 2 heterocycles. The number of rotatable bonds is 5. The molecule has 1 aliphatic heterocycles. The maximum Gasteiger partial charge on any atom is 0.325 e. The Bertz CT molecular complexity index is 771. The quantitative estimate of drug-likeness (QED) is 0.796. The van der Waals surface area contributed by atoms with Crippen LogP contribution in [0.25, 0.3) is 0 Å². The molecule has 2 aromatic rings. The van der Waals surface area contributed by atoms with E-state index in [9.17, 15) is 14.4 Å². The molecule has 3 rings (SSSR count). The van der Waals surface area contributed by atoms with Crippen LogP contribution in [0.15, 0.2) is 42.6 Å². The number of urea groups is 1. The van der Waals surface area contributed by atoms with E-state index in [1.807, 2.05) is 30.3 Å². The van der Waals surface area contributed by atoms with Crippen molar-refractivity contribution < 1.29 is 14.4 Å². The highest BCUT2D eigenvalue weighted by Gasteiger charge is 2.38. The molecule has 0 spiro atoms. The lowest BCUT2D eigenvalue weighted by Gasteiger charge is -2.12. The van der Waals surface area contributed by atoms with Gasteiger partial charge in [0.15, 0.2) is 5.82 Å². The van der Waals surface area contributed by atoms with Crippen LogP contribution in [0, 0.1) is 0 Å². The highest BCUT2D eigenvalue weighted by molar-refractivity contribution is 6.06. The maximum absolute atomic E-state index is 12.4. The SMILES string of the molecule is Cn1ccc(NC(=O)C[C@@H]2NC(=O)N(Cc3ccccc3)C2=O)n1. The average molecular weight is 327 g/mol. The molecule has 24 heavy (non-hydrogen) atoms. The standard InChI is InChI=1S/C16H17N5O3/c1-20-8-7-13(19-20)18-14(22)9-12-15(23)21(16(24)17-12)10-11-5-3-2-4-6-11/h2-8,12H,9-10H2,1H3,(H,17,24)(H,18,19,22)/t12-/m0/s1. The Morgan fingerprint density at radius 3 is 2.67 bits per heavy atom. The van der Waals surface area contributed by atoms with Gasteiger partial charge in [0.1, 0.15) is 6.04 Å². The minimum absolute atomic E-state index is 0.133. The molecule has 1 aliphatic rings. The largest absolute Gasteiger partial charge is 0.325 e. The lowest BCUT2D eigenvalue weighted by Crippen LogP contribution is -2.34. The summed E-state index contributed by atoms with van der Waals surface area (Å²) in [6.45, 7) is 0.184. The van der Waals surface area contributed by atoms with E-state index < -0.39 is 18.0 Å². The van der Waals surface area contributed by atoms with Crippen molar-refractivity contribution in [3.63, 3.8) is 0 Å². The number of amides is 4. The van der Waals surface area contributed by atoms with Crippen LogP contribution in [-0.4, -0.2) is 38.6 Å². The van der Waals surface area contributed by atoms with Gasteiger partial charge in [0.25, 0.3) is 5.91 Å². The van der Waals surface area contributed by atoms with Gasteiger partial charge in [-0.1, -0.05) is 30.3 Å². The van der Waals surface area contributed by atoms with Gasteiger partial charge in [0.05, 0.1) is 13.0 Å². The first kappa shape index (κ1) is 15.7. The van der Waals surface area contributed by atoms with Crippen molar-refractivity contribution in [2.75, 3.05) is 5.32 Å². The van der Waals surface area contributed by atoms with Crippen LogP contribution in [0.3, 0.4) is 0 Å². The van der Waals surface area contributed by atoms with Gasteiger partial charge in [-0.05, 0) is 5.56 Å². The van der Waals surface area contributed by atoms with E-state index in [1.54, 1.807) is 24.0 Å². The van der Waals surface area contributed by atoms with Crippen LogP contribution >= 0.6 is 0 Å². The smallest absolute Gasteiger partial charge is 0.325 e. The van der Waals surface area contributed by atoms with E-state index in [2.05, 4.69) is 15.7 Å². The van der Waals surface area contributed by atoms with Crippen LogP contribution in [0.1, 0.15) is 12.0 Å². The molecule has 1 aromatic carbocycles. The number of aromatic nitrogens is 2. The minimum Gasteiger partial charge on any atom is -0.325 e. The predicted octanol–water partition coefficient (Wildman–Crippen LogP) is 0.869. The normalized spacial score (nSPS) is 17.0. The molecule has 0 aliphatic carbocycles. The van der Waals surface area contributed by atoms with Crippen LogP contribution in [0.4, 0.5) is 10.6 Å².